The Morgan fingerprint density at radius 3 is 2.79 bits per heavy atom. The van der Waals surface area contributed by atoms with Crippen LogP contribution in [0.25, 0.3) is 0 Å². The summed E-state index contributed by atoms with van der Waals surface area (Å²) in [6.07, 6.45) is 1.02. The first-order valence-electron chi connectivity index (χ1n) is 4.55. The van der Waals surface area contributed by atoms with Gasteiger partial charge in [-0.3, -0.25) is 0 Å². The molecule has 74 valence electrons. The summed E-state index contributed by atoms with van der Waals surface area (Å²) in [5.74, 6) is -0.969. The van der Waals surface area contributed by atoms with E-state index < -0.39 is 5.97 Å². The van der Waals surface area contributed by atoms with Gasteiger partial charge >= 0.3 is 5.97 Å². The predicted octanol–water partition coefficient (Wildman–Crippen LogP) is 1.00. The Hall–Kier alpha value is -1.55. The van der Waals surface area contributed by atoms with Crippen LogP contribution in [0.3, 0.4) is 0 Å². The van der Waals surface area contributed by atoms with Crippen LogP contribution in [0.2, 0.25) is 0 Å². The van der Waals surface area contributed by atoms with Gasteiger partial charge in [0.2, 0.25) is 0 Å². The van der Waals surface area contributed by atoms with Crippen molar-refractivity contribution in [2.75, 3.05) is 12.3 Å². The van der Waals surface area contributed by atoms with Crippen molar-refractivity contribution in [3.63, 3.8) is 0 Å². The van der Waals surface area contributed by atoms with Gasteiger partial charge in [-0.1, -0.05) is 12.1 Å². The van der Waals surface area contributed by atoms with Crippen molar-refractivity contribution in [2.45, 2.75) is 12.5 Å². The van der Waals surface area contributed by atoms with Gasteiger partial charge in [-0.25, -0.2) is 4.79 Å². The van der Waals surface area contributed by atoms with Gasteiger partial charge in [-0.2, -0.15) is 0 Å². The fourth-order valence-electron chi connectivity index (χ4n) is 1.63. The largest absolute Gasteiger partial charge is 0.478 e. The van der Waals surface area contributed by atoms with Crippen LogP contribution in [0.4, 0.5) is 5.69 Å². The topological polar surface area (TPSA) is 75.4 Å². The Labute approximate surface area is 81.7 Å². The van der Waals surface area contributed by atoms with Crippen LogP contribution in [-0.2, 0) is 0 Å². The molecule has 1 aromatic carbocycles. The summed E-state index contributed by atoms with van der Waals surface area (Å²) in [5, 5.41) is 12.1. The van der Waals surface area contributed by atoms with Crippen molar-refractivity contribution in [3.05, 3.63) is 29.3 Å². The van der Waals surface area contributed by atoms with Crippen LogP contribution in [0.5, 0.6) is 0 Å². The lowest BCUT2D eigenvalue weighted by atomic mass is 9.94. The summed E-state index contributed by atoms with van der Waals surface area (Å²) in [5.41, 5.74) is 7.25. The molecule has 1 aromatic rings. The van der Waals surface area contributed by atoms with E-state index in [0.29, 0.717) is 5.69 Å². The fraction of sp³-hybridized carbons (Fsp3) is 0.300. The number of nitrogens with two attached hydrogens (primary N) is 1. The molecule has 0 spiro atoms. The molecule has 4 N–H and O–H groups in total. The number of nitrogens with one attached hydrogen (secondary N) is 1. The highest BCUT2D eigenvalue weighted by atomic mass is 16.4. The first kappa shape index (κ1) is 9.02. The molecule has 1 saturated heterocycles. The van der Waals surface area contributed by atoms with Gasteiger partial charge in [0.1, 0.15) is 0 Å². The molecular formula is C10H12N2O2. The summed E-state index contributed by atoms with van der Waals surface area (Å²) in [4.78, 5) is 10.8. The Balaban J connectivity index is 2.40. The maximum Gasteiger partial charge on any atom is 0.337 e. The fourth-order valence-corrected chi connectivity index (χ4v) is 1.63. The molecule has 0 aromatic heterocycles. The zero-order chi connectivity index (χ0) is 10.1. The number of aromatic carboxylic acids is 1. The molecule has 1 fully saturated rings. The molecule has 4 nitrogen and oxygen atoms in total. The summed E-state index contributed by atoms with van der Waals surface area (Å²) in [6.45, 7) is 0.974. The first-order chi connectivity index (χ1) is 6.70. The molecule has 1 atom stereocenters. The zero-order valence-corrected chi connectivity index (χ0v) is 7.66. The van der Waals surface area contributed by atoms with Gasteiger partial charge in [0.25, 0.3) is 0 Å². The minimum Gasteiger partial charge on any atom is -0.478 e. The Morgan fingerprint density at radius 1 is 1.57 bits per heavy atom. The van der Waals surface area contributed by atoms with Crippen molar-refractivity contribution >= 4 is 11.7 Å². The second-order valence-electron chi connectivity index (χ2n) is 3.41. The van der Waals surface area contributed by atoms with Gasteiger partial charge < -0.3 is 16.2 Å². The Morgan fingerprint density at radius 2 is 2.29 bits per heavy atom. The molecule has 4 heteroatoms. The molecule has 0 unspecified atom stereocenters. The Bertz CT molecular complexity index is 372. The molecule has 0 radical (unpaired) electrons. The van der Waals surface area contributed by atoms with E-state index in [1.807, 2.05) is 6.07 Å². The zero-order valence-electron chi connectivity index (χ0n) is 7.66. The maximum absolute atomic E-state index is 10.8. The third-order valence-electron chi connectivity index (χ3n) is 2.57. The standard InChI is InChI=1S/C10H12N2O2/c11-9-6(8-4-5-12-8)2-1-3-7(9)10(13)14/h1-3,8,12H,4-5,11H2,(H,13,14)/t8-/m1/s1. The SMILES string of the molecule is Nc1c(C(=O)O)cccc1[C@H]1CCN1. The average Bonchev–Trinajstić information content (AvgIpc) is 2.04. The van der Waals surface area contributed by atoms with Crippen LogP contribution in [-0.4, -0.2) is 17.6 Å². The van der Waals surface area contributed by atoms with Gasteiger partial charge in [-0.05, 0) is 24.6 Å². The van der Waals surface area contributed by atoms with E-state index in [1.165, 1.54) is 6.07 Å². The molecular weight excluding hydrogens is 180 g/mol. The molecule has 0 bridgehead atoms. The molecule has 0 saturated carbocycles. The highest BCUT2D eigenvalue weighted by Gasteiger charge is 2.22. The second kappa shape index (κ2) is 3.31. The highest BCUT2D eigenvalue weighted by molar-refractivity contribution is 5.94. The number of rotatable bonds is 2. The second-order valence-corrected chi connectivity index (χ2v) is 3.41. The summed E-state index contributed by atoms with van der Waals surface area (Å²) < 4.78 is 0. The summed E-state index contributed by atoms with van der Waals surface area (Å²) >= 11 is 0. The monoisotopic (exact) mass is 192 g/mol. The van der Waals surface area contributed by atoms with Gasteiger partial charge in [0, 0.05) is 6.04 Å². The third kappa shape index (κ3) is 1.33. The number of carbonyl (C=O) groups is 1. The first-order valence-corrected chi connectivity index (χ1v) is 4.55. The molecule has 1 aliphatic rings. The normalized spacial score (nSPS) is 20.1. The molecule has 1 heterocycles. The minimum atomic E-state index is -0.969. The van der Waals surface area contributed by atoms with Crippen molar-refractivity contribution in [2.24, 2.45) is 0 Å². The summed E-state index contributed by atoms with van der Waals surface area (Å²) in [7, 11) is 0. The van der Waals surface area contributed by atoms with Crippen molar-refractivity contribution in [3.8, 4) is 0 Å². The van der Waals surface area contributed by atoms with Crippen molar-refractivity contribution < 1.29 is 9.90 Å². The van der Waals surface area contributed by atoms with Gasteiger partial charge in [0.05, 0.1) is 11.3 Å². The average molecular weight is 192 g/mol. The highest BCUT2D eigenvalue weighted by Crippen LogP contribution is 2.29. The Kier molecular flexibility index (Phi) is 2.13. The number of carboxylic acids is 1. The number of anilines is 1. The molecule has 14 heavy (non-hydrogen) atoms. The van der Waals surface area contributed by atoms with Crippen LogP contribution in [0, 0.1) is 0 Å². The minimum absolute atomic E-state index is 0.191. The number of nitrogen functional groups attached to an aromatic ring is 1. The molecule has 0 amide bonds. The van der Waals surface area contributed by atoms with Gasteiger partial charge in [0.15, 0.2) is 0 Å². The number of hydrogen-bond donors (Lipinski definition) is 3. The van der Waals surface area contributed by atoms with Crippen LogP contribution < -0.4 is 11.1 Å². The summed E-state index contributed by atoms with van der Waals surface area (Å²) in [6, 6.07) is 5.36. The van der Waals surface area contributed by atoms with Crippen molar-refractivity contribution in [1.29, 1.82) is 0 Å². The number of para-hydroxylation sites is 1. The van der Waals surface area contributed by atoms with Crippen LogP contribution in [0.1, 0.15) is 28.4 Å². The predicted molar refractivity (Wildman–Crippen MR) is 53.2 cm³/mol. The van der Waals surface area contributed by atoms with Gasteiger partial charge in [-0.15, -0.1) is 0 Å². The lowest BCUT2D eigenvalue weighted by Gasteiger charge is -2.29. The molecule has 0 aliphatic carbocycles. The number of carboxylic acid groups (broad SMARTS) is 1. The lowest BCUT2D eigenvalue weighted by Crippen LogP contribution is -2.35. The molecule has 1 aliphatic heterocycles. The lowest BCUT2D eigenvalue weighted by molar-refractivity contribution is 0.0698. The van der Waals surface area contributed by atoms with Crippen molar-refractivity contribution in [1.82, 2.24) is 5.32 Å². The van der Waals surface area contributed by atoms with E-state index >= 15 is 0 Å². The van der Waals surface area contributed by atoms with E-state index in [9.17, 15) is 4.79 Å². The van der Waals surface area contributed by atoms with E-state index in [-0.39, 0.29) is 11.6 Å². The maximum atomic E-state index is 10.8. The van der Waals surface area contributed by atoms with Crippen LogP contribution >= 0.6 is 0 Å². The van der Waals surface area contributed by atoms with E-state index in [0.717, 1.165) is 18.5 Å². The molecule has 2 rings (SSSR count). The van der Waals surface area contributed by atoms with Crippen LogP contribution in [0.15, 0.2) is 18.2 Å². The number of benzene rings is 1. The van der Waals surface area contributed by atoms with E-state index in [1.54, 1.807) is 6.07 Å². The smallest absolute Gasteiger partial charge is 0.337 e. The number of hydrogen-bond acceptors (Lipinski definition) is 3. The van der Waals surface area contributed by atoms with E-state index in [2.05, 4.69) is 5.32 Å². The quantitative estimate of drug-likeness (QED) is 0.611. The van der Waals surface area contributed by atoms with E-state index in [4.69, 9.17) is 10.8 Å². The third-order valence-corrected chi connectivity index (χ3v) is 2.57.